The average Bonchev–Trinajstić information content (AvgIpc) is 2.99. The predicted molar refractivity (Wildman–Crippen MR) is 80.6 cm³/mol. The Labute approximate surface area is 128 Å². The number of rotatable bonds is 4. The molecule has 0 unspecified atom stereocenters. The highest BCUT2D eigenvalue weighted by Crippen LogP contribution is 2.24. The van der Waals surface area contributed by atoms with E-state index in [-0.39, 0.29) is 0 Å². The maximum Gasteiger partial charge on any atom is 0.249 e. The van der Waals surface area contributed by atoms with E-state index < -0.39 is 11.5 Å². The van der Waals surface area contributed by atoms with Crippen molar-refractivity contribution >= 4 is 5.91 Å². The van der Waals surface area contributed by atoms with E-state index in [0.29, 0.717) is 38.4 Å². The summed E-state index contributed by atoms with van der Waals surface area (Å²) in [5.41, 5.74) is 4.80. The predicted octanol–water partition coefficient (Wildman–Crippen LogP) is 1.15. The zero-order valence-electron chi connectivity index (χ0n) is 12.2. The zero-order valence-corrected chi connectivity index (χ0v) is 12.2. The van der Waals surface area contributed by atoms with Gasteiger partial charge >= 0.3 is 0 Å². The molecule has 1 aliphatic rings. The van der Waals surface area contributed by atoms with E-state index in [1.807, 2.05) is 30.3 Å². The van der Waals surface area contributed by atoms with Gasteiger partial charge in [-0.05, 0) is 25.0 Å². The molecule has 2 heterocycles. The van der Waals surface area contributed by atoms with Crippen LogP contribution >= 0.6 is 0 Å². The molecule has 6 heteroatoms. The molecule has 0 spiro atoms. The molecule has 2 aromatic rings. The maximum absolute atomic E-state index is 11.2. The second kappa shape index (κ2) is 5.90. The molecule has 0 bridgehead atoms. The van der Waals surface area contributed by atoms with Crippen molar-refractivity contribution in [3.63, 3.8) is 0 Å². The van der Waals surface area contributed by atoms with Crippen LogP contribution in [0.5, 0.6) is 0 Å². The smallest absolute Gasteiger partial charge is 0.249 e. The Morgan fingerprint density at radius 2 is 2.00 bits per heavy atom. The molecule has 0 aliphatic carbocycles. The molecule has 116 valence electrons. The molecule has 1 saturated heterocycles. The number of aromatic nitrogens is 1. The number of carbonyl (C=O) groups excluding carboxylic acids is 1. The largest absolute Gasteiger partial charge is 0.440 e. The van der Waals surface area contributed by atoms with Crippen molar-refractivity contribution in [3.05, 3.63) is 42.3 Å². The van der Waals surface area contributed by atoms with E-state index in [1.165, 1.54) is 0 Å². The van der Waals surface area contributed by atoms with Crippen LogP contribution in [0.2, 0.25) is 0 Å². The van der Waals surface area contributed by atoms with Crippen LogP contribution in [-0.2, 0) is 11.3 Å². The summed E-state index contributed by atoms with van der Waals surface area (Å²) in [5.74, 6) is 0.725. The zero-order chi connectivity index (χ0) is 15.6. The fourth-order valence-electron chi connectivity index (χ4n) is 2.64. The normalized spacial score (nSPS) is 18.2. The first-order chi connectivity index (χ1) is 10.6. The first-order valence-corrected chi connectivity index (χ1v) is 7.32. The number of nitrogens with zero attached hydrogens (tertiary/aromatic N) is 2. The van der Waals surface area contributed by atoms with E-state index in [0.717, 1.165) is 11.3 Å². The summed E-state index contributed by atoms with van der Waals surface area (Å²) in [4.78, 5) is 17.6. The van der Waals surface area contributed by atoms with Crippen molar-refractivity contribution in [3.8, 4) is 11.5 Å². The van der Waals surface area contributed by atoms with Gasteiger partial charge in [0.05, 0.1) is 12.7 Å². The molecule has 0 radical (unpaired) electrons. The molecule has 0 atom stereocenters. The van der Waals surface area contributed by atoms with Crippen LogP contribution < -0.4 is 5.73 Å². The molecule has 6 nitrogen and oxygen atoms in total. The molecule has 1 fully saturated rings. The third kappa shape index (κ3) is 3.03. The third-order valence-corrected chi connectivity index (χ3v) is 4.10. The molecule has 0 saturated carbocycles. The maximum atomic E-state index is 11.2. The van der Waals surface area contributed by atoms with Gasteiger partial charge in [0.2, 0.25) is 11.8 Å². The summed E-state index contributed by atoms with van der Waals surface area (Å²) in [6.07, 6.45) is 2.42. The highest BCUT2D eigenvalue weighted by molar-refractivity contribution is 5.83. The van der Waals surface area contributed by atoms with Crippen molar-refractivity contribution in [1.29, 1.82) is 0 Å². The van der Waals surface area contributed by atoms with E-state index in [2.05, 4.69) is 9.88 Å². The first kappa shape index (κ1) is 14.7. The molecule has 1 aliphatic heterocycles. The van der Waals surface area contributed by atoms with Gasteiger partial charge in [0.1, 0.15) is 11.4 Å². The van der Waals surface area contributed by atoms with Gasteiger partial charge in [-0.15, -0.1) is 0 Å². The minimum Gasteiger partial charge on any atom is -0.440 e. The molecule has 3 N–H and O–H groups in total. The van der Waals surface area contributed by atoms with E-state index in [1.54, 1.807) is 6.20 Å². The average molecular weight is 301 g/mol. The third-order valence-electron chi connectivity index (χ3n) is 4.10. The van der Waals surface area contributed by atoms with E-state index >= 15 is 0 Å². The number of carbonyl (C=O) groups is 1. The van der Waals surface area contributed by atoms with Crippen LogP contribution in [0.4, 0.5) is 0 Å². The number of aliphatic hydroxyl groups is 1. The number of piperidine rings is 1. The molecular weight excluding hydrogens is 282 g/mol. The second-order valence-electron chi connectivity index (χ2n) is 5.67. The summed E-state index contributed by atoms with van der Waals surface area (Å²) >= 11 is 0. The van der Waals surface area contributed by atoms with Gasteiger partial charge in [-0.25, -0.2) is 4.98 Å². The standard InChI is InChI=1S/C16H19N3O3/c17-15(20)16(21)6-8-19(9-7-16)11-13-10-18-14(22-13)12-4-2-1-3-5-12/h1-5,10,21H,6-9,11H2,(H2,17,20). The van der Waals surface area contributed by atoms with Gasteiger partial charge < -0.3 is 15.3 Å². The summed E-state index contributed by atoms with van der Waals surface area (Å²) in [5, 5.41) is 10.0. The Kier molecular flexibility index (Phi) is 3.96. The Morgan fingerprint density at radius 1 is 1.32 bits per heavy atom. The molecule has 3 rings (SSSR count). The lowest BCUT2D eigenvalue weighted by atomic mass is 9.91. The Bertz CT molecular complexity index is 646. The molecule has 22 heavy (non-hydrogen) atoms. The number of likely N-dealkylation sites (tertiary alicyclic amines) is 1. The topological polar surface area (TPSA) is 92.6 Å². The van der Waals surface area contributed by atoms with E-state index in [9.17, 15) is 9.90 Å². The Hall–Kier alpha value is -2.18. The molecule has 1 aromatic heterocycles. The highest BCUT2D eigenvalue weighted by Gasteiger charge is 2.37. The molecule has 1 amide bonds. The number of amides is 1. The van der Waals surface area contributed by atoms with Gasteiger partial charge in [0.15, 0.2) is 0 Å². The van der Waals surface area contributed by atoms with Crippen LogP contribution in [0.3, 0.4) is 0 Å². The van der Waals surface area contributed by atoms with Crippen LogP contribution in [0.15, 0.2) is 40.9 Å². The first-order valence-electron chi connectivity index (χ1n) is 7.32. The summed E-state index contributed by atoms with van der Waals surface area (Å²) < 4.78 is 5.76. The van der Waals surface area contributed by atoms with Gasteiger partial charge in [-0.3, -0.25) is 9.69 Å². The van der Waals surface area contributed by atoms with Crippen molar-refractivity contribution in [2.45, 2.75) is 25.0 Å². The van der Waals surface area contributed by atoms with Gasteiger partial charge in [-0.2, -0.15) is 0 Å². The number of hydrogen-bond donors (Lipinski definition) is 2. The monoisotopic (exact) mass is 301 g/mol. The Balaban J connectivity index is 1.61. The van der Waals surface area contributed by atoms with Crippen LogP contribution in [0, 0.1) is 0 Å². The number of hydrogen-bond acceptors (Lipinski definition) is 5. The number of benzene rings is 1. The summed E-state index contributed by atoms with van der Waals surface area (Å²) in [6, 6.07) is 9.72. The Morgan fingerprint density at radius 3 is 2.64 bits per heavy atom. The fraction of sp³-hybridized carbons (Fsp3) is 0.375. The van der Waals surface area contributed by atoms with Crippen LogP contribution in [0.25, 0.3) is 11.5 Å². The fourth-order valence-corrected chi connectivity index (χ4v) is 2.64. The lowest BCUT2D eigenvalue weighted by molar-refractivity contribution is -0.141. The van der Waals surface area contributed by atoms with Crippen molar-refractivity contribution in [2.75, 3.05) is 13.1 Å². The van der Waals surface area contributed by atoms with Crippen LogP contribution in [-0.4, -0.2) is 39.6 Å². The van der Waals surface area contributed by atoms with Crippen molar-refractivity contribution in [2.24, 2.45) is 5.73 Å². The summed E-state index contributed by atoms with van der Waals surface area (Å²) in [7, 11) is 0. The minimum absolute atomic E-state index is 0.349. The number of oxazole rings is 1. The lowest BCUT2D eigenvalue weighted by Crippen LogP contribution is -2.51. The molecular formula is C16H19N3O3. The van der Waals surface area contributed by atoms with Gasteiger partial charge in [-0.1, -0.05) is 18.2 Å². The van der Waals surface area contributed by atoms with Gasteiger partial charge in [0.25, 0.3) is 0 Å². The second-order valence-corrected chi connectivity index (χ2v) is 5.67. The van der Waals surface area contributed by atoms with Crippen molar-refractivity contribution < 1.29 is 14.3 Å². The highest BCUT2D eigenvalue weighted by atomic mass is 16.4. The van der Waals surface area contributed by atoms with Crippen LogP contribution in [0.1, 0.15) is 18.6 Å². The van der Waals surface area contributed by atoms with E-state index in [4.69, 9.17) is 10.2 Å². The lowest BCUT2D eigenvalue weighted by Gasteiger charge is -2.35. The van der Waals surface area contributed by atoms with Crippen molar-refractivity contribution in [1.82, 2.24) is 9.88 Å². The summed E-state index contributed by atoms with van der Waals surface area (Å²) in [6.45, 7) is 1.80. The quantitative estimate of drug-likeness (QED) is 0.884. The SMILES string of the molecule is NC(=O)C1(O)CCN(Cc2cnc(-c3ccccc3)o2)CC1. The number of primary amides is 1. The molecule has 1 aromatic carbocycles. The number of nitrogens with two attached hydrogens (primary N) is 1. The van der Waals surface area contributed by atoms with Gasteiger partial charge in [0, 0.05) is 18.7 Å². The minimum atomic E-state index is -1.37.